The van der Waals surface area contributed by atoms with Crippen LogP contribution in [0, 0.1) is 11.8 Å². The van der Waals surface area contributed by atoms with Crippen LogP contribution in [0.1, 0.15) is 23.2 Å². The van der Waals surface area contributed by atoms with Gasteiger partial charge in [0.15, 0.2) is 0 Å². The van der Waals surface area contributed by atoms with Crippen LogP contribution < -0.4 is 10.6 Å². The molecule has 2 atom stereocenters. The zero-order valence-electron chi connectivity index (χ0n) is 16.7. The van der Waals surface area contributed by atoms with Crippen molar-refractivity contribution < 1.29 is 19.5 Å². The topological polar surface area (TPSA) is 95.5 Å². The lowest BCUT2D eigenvalue weighted by molar-refractivity contribution is -0.146. The molecule has 3 aromatic carbocycles. The maximum atomic E-state index is 13.0. The van der Waals surface area contributed by atoms with Gasteiger partial charge in [-0.15, -0.1) is 0 Å². The van der Waals surface area contributed by atoms with E-state index in [0.29, 0.717) is 29.8 Å². The third-order valence-corrected chi connectivity index (χ3v) is 5.55. The summed E-state index contributed by atoms with van der Waals surface area (Å²) in [6, 6.07) is 20.1. The van der Waals surface area contributed by atoms with Crippen molar-refractivity contribution in [3.63, 3.8) is 0 Å². The minimum absolute atomic E-state index is 0.307. The van der Waals surface area contributed by atoms with E-state index < -0.39 is 23.7 Å². The van der Waals surface area contributed by atoms with Gasteiger partial charge < -0.3 is 15.7 Å². The Morgan fingerprint density at radius 1 is 0.742 bits per heavy atom. The second kappa shape index (κ2) is 8.83. The molecule has 6 heteroatoms. The summed E-state index contributed by atoms with van der Waals surface area (Å²) in [7, 11) is 0. The van der Waals surface area contributed by atoms with Crippen LogP contribution in [0.3, 0.4) is 0 Å². The second-order valence-corrected chi connectivity index (χ2v) is 7.51. The monoisotopic (exact) mass is 414 g/mol. The number of amides is 2. The number of anilines is 2. The van der Waals surface area contributed by atoms with Crippen molar-refractivity contribution in [3.8, 4) is 0 Å². The Morgan fingerprint density at radius 3 is 2.19 bits per heavy atom. The summed E-state index contributed by atoms with van der Waals surface area (Å²) in [4.78, 5) is 37.4. The molecule has 0 aliphatic heterocycles. The Labute approximate surface area is 179 Å². The molecule has 2 amide bonds. The fourth-order valence-electron chi connectivity index (χ4n) is 3.92. The molecule has 1 aliphatic rings. The quantitative estimate of drug-likeness (QED) is 0.528. The van der Waals surface area contributed by atoms with Crippen LogP contribution in [-0.2, 0) is 9.59 Å². The summed E-state index contributed by atoms with van der Waals surface area (Å²) < 4.78 is 0. The lowest BCUT2D eigenvalue weighted by atomic mass is 9.82. The molecule has 0 aromatic heterocycles. The van der Waals surface area contributed by atoms with Crippen molar-refractivity contribution in [3.05, 3.63) is 84.4 Å². The predicted molar refractivity (Wildman–Crippen MR) is 120 cm³/mol. The largest absolute Gasteiger partial charge is 0.481 e. The number of nitrogens with one attached hydrogen (secondary N) is 2. The maximum Gasteiger partial charge on any atom is 0.307 e. The van der Waals surface area contributed by atoms with Gasteiger partial charge in [-0.05, 0) is 36.4 Å². The third kappa shape index (κ3) is 4.33. The molecule has 0 radical (unpaired) electrons. The van der Waals surface area contributed by atoms with Crippen LogP contribution in [0.25, 0.3) is 10.8 Å². The molecule has 0 saturated heterocycles. The molecule has 1 aliphatic carbocycles. The summed E-state index contributed by atoms with van der Waals surface area (Å²) in [5, 5.41) is 17.1. The summed E-state index contributed by atoms with van der Waals surface area (Å²) in [5.74, 6) is -3.21. The van der Waals surface area contributed by atoms with E-state index in [9.17, 15) is 19.5 Å². The molecule has 156 valence electrons. The number of fused-ring (bicyclic) bond motifs is 1. The molecular formula is C25H22N2O4. The molecule has 0 bridgehead atoms. The molecule has 3 aromatic rings. The van der Waals surface area contributed by atoms with E-state index in [1.54, 1.807) is 30.3 Å². The highest BCUT2D eigenvalue weighted by atomic mass is 16.4. The highest BCUT2D eigenvalue weighted by Crippen LogP contribution is 2.29. The van der Waals surface area contributed by atoms with Crippen LogP contribution in [0.2, 0.25) is 0 Å². The van der Waals surface area contributed by atoms with Gasteiger partial charge in [0.1, 0.15) is 0 Å². The average molecular weight is 414 g/mol. The second-order valence-electron chi connectivity index (χ2n) is 7.51. The van der Waals surface area contributed by atoms with E-state index in [4.69, 9.17) is 0 Å². The van der Waals surface area contributed by atoms with Crippen molar-refractivity contribution in [1.29, 1.82) is 0 Å². The lowest BCUT2D eigenvalue weighted by Gasteiger charge is -2.24. The lowest BCUT2D eigenvalue weighted by Crippen LogP contribution is -2.35. The van der Waals surface area contributed by atoms with E-state index in [1.807, 2.05) is 48.5 Å². The number of hydrogen-bond acceptors (Lipinski definition) is 3. The van der Waals surface area contributed by atoms with E-state index in [0.717, 1.165) is 10.8 Å². The van der Waals surface area contributed by atoms with Gasteiger partial charge >= 0.3 is 5.97 Å². The van der Waals surface area contributed by atoms with Crippen molar-refractivity contribution in [1.82, 2.24) is 0 Å². The van der Waals surface area contributed by atoms with Crippen molar-refractivity contribution >= 4 is 39.9 Å². The summed E-state index contributed by atoms with van der Waals surface area (Å²) in [6.45, 7) is 0. The van der Waals surface area contributed by atoms with Crippen LogP contribution in [0.4, 0.5) is 11.4 Å². The summed E-state index contributed by atoms with van der Waals surface area (Å²) in [6.07, 6.45) is 4.28. The number of rotatable bonds is 5. The minimum Gasteiger partial charge on any atom is -0.481 e. The highest BCUT2D eigenvalue weighted by molar-refractivity contribution is 6.13. The Hall–Kier alpha value is -3.93. The van der Waals surface area contributed by atoms with Gasteiger partial charge in [0.2, 0.25) is 5.91 Å². The number of para-hydroxylation sites is 1. The number of carbonyl (C=O) groups is 3. The molecule has 0 saturated carbocycles. The zero-order valence-corrected chi connectivity index (χ0v) is 16.7. The fraction of sp³-hybridized carbons (Fsp3) is 0.160. The van der Waals surface area contributed by atoms with Gasteiger partial charge in [0.05, 0.1) is 23.1 Å². The van der Waals surface area contributed by atoms with Gasteiger partial charge in [0.25, 0.3) is 5.91 Å². The van der Waals surface area contributed by atoms with E-state index in [1.165, 1.54) is 0 Å². The minimum atomic E-state index is -0.994. The van der Waals surface area contributed by atoms with Crippen molar-refractivity contribution in [2.24, 2.45) is 11.8 Å². The Balaban J connectivity index is 1.57. The Bertz CT molecular complexity index is 1180. The maximum absolute atomic E-state index is 13.0. The average Bonchev–Trinajstić information content (AvgIpc) is 2.79. The smallest absolute Gasteiger partial charge is 0.307 e. The van der Waals surface area contributed by atoms with Gasteiger partial charge in [-0.25, -0.2) is 0 Å². The predicted octanol–water partition coefficient (Wildman–Crippen LogP) is 4.70. The van der Waals surface area contributed by atoms with Gasteiger partial charge in [-0.3, -0.25) is 14.4 Å². The zero-order chi connectivity index (χ0) is 21.8. The van der Waals surface area contributed by atoms with Gasteiger partial charge in [-0.1, -0.05) is 60.7 Å². The molecule has 6 nitrogen and oxygen atoms in total. The SMILES string of the molecule is O=C(Nc1cccc2ccccc12)c1ccccc1NC(=O)[C@@H]1CC=CC[C@H]1C(=O)O. The highest BCUT2D eigenvalue weighted by Gasteiger charge is 2.34. The standard InChI is InChI=1S/C25H22N2O4/c28-23(18-11-3-4-12-19(18)25(30)31)27-22-14-6-5-13-20(22)24(29)26-21-15-7-9-16-8-1-2-10-17(16)21/h1-10,13-15,18-19H,11-12H2,(H,26,29)(H,27,28)(H,30,31)/t18-,19-/m1/s1. The number of carboxylic acid groups (broad SMARTS) is 1. The van der Waals surface area contributed by atoms with Crippen LogP contribution in [-0.4, -0.2) is 22.9 Å². The molecule has 3 N–H and O–H groups in total. The number of allylic oxidation sites excluding steroid dienone is 2. The Kier molecular flexibility index (Phi) is 5.80. The first-order chi connectivity index (χ1) is 15.0. The van der Waals surface area contributed by atoms with E-state index >= 15 is 0 Å². The Morgan fingerprint density at radius 2 is 1.39 bits per heavy atom. The number of carbonyl (C=O) groups excluding carboxylic acids is 2. The molecule has 0 spiro atoms. The third-order valence-electron chi connectivity index (χ3n) is 5.55. The number of hydrogen-bond donors (Lipinski definition) is 3. The van der Waals surface area contributed by atoms with E-state index in [-0.39, 0.29) is 5.91 Å². The molecule has 31 heavy (non-hydrogen) atoms. The molecule has 4 rings (SSSR count). The van der Waals surface area contributed by atoms with E-state index in [2.05, 4.69) is 10.6 Å². The van der Waals surface area contributed by atoms with Crippen molar-refractivity contribution in [2.75, 3.05) is 10.6 Å². The van der Waals surface area contributed by atoms with Crippen molar-refractivity contribution in [2.45, 2.75) is 12.8 Å². The fourth-order valence-corrected chi connectivity index (χ4v) is 3.92. The first-order valence-corrected chi connectivity index (χ1v) is 10.1. The van der Waals surface area contributed by atoms with Crippen LogP contribution in [0.15, 0.2) is 78.9 Å². The normalized spacial score (nSPS) is 17.8. The van der Waals surface area contributed by atoms with Crippen LogP contribution in [0.5, 0.6) is 0 Å². The first kappa shape index (κ1) is 20.3. The summed E-state index contributed by atoms with van der Waals surface area (Å²) >= 11 is 0. The molecule has 0 unspecified atom stereocenters. The first-order valence-electron chi connectivity index (χ1n) is 10.1. The molecular weight excluding hydrogens is 392 g/mol. The molecule has 0 heterocycles. The number of carboxylic acids is 1. The van der Waals surface area contributed by atoms with Gasteiger partial charge in [0, 0.05) is 11.1 Å². The summed E-state index contributed by atoms with van der Waals surface area (Å²) in [5.41, 5.74) is 1.33. The van der Waals surface area contributed by atoms with Crippen LogP contribution >= 0.6 is 0 Å². The van der Waals surface area contributed by atoms with Gasteiger partial charge in [-0.2, -0.15) is 0 Å². The number of benzene rings is 3. The molecule has 0 fully saturated rings. The number of aliphatic carboxylic acids is 1.